The molecule has 1 aromatic carbocycles. The summed E-state index contributed by atoms with van der Waals surface area (Å²) in [4.78, 5) is 14.7. The normalized spacial score (nSPS) is 28.6. The molecular formula is C19H26N2O2. The Morgan fingerprint density at radius 3 is 3.00 bits per heavy atom. The van der Waals surface area contributed by atoms with Gasteiger partial charge in [0.15, 0.2) is 0 Å². The van der Waals surface area contributed by atoms with Crippen LogP contribution in [0.2, 0.25) is 0 Å². The lowest BCUT2D eigenvalue weighted by Crippen LogP contribution is -2.42. The molecule has 1 saturated carbocycles. The first-order valence-electron chi connectivity index (χ1n) is 8.80. The highest BCUT2D eigenvalue weighted by molar-refractivity contribution is 5.78. The van der Waals surface area contributed by atoms with E-state index in [1.807, 2.05) is 6.07 Å². The number of amides is 1. The zero-order valence-corrected chi connectivity index (χ0v) is 13.9. The van der Waals surface area contributed by atoms with Gasteiger partial charge in [-0.15, -0.1) is 0 Å². The molecule has 0 radical (unpaired) electrons. The van der Waals surface area contributed by atoms with Crippen molar-refractivity contribution >= 4 is 5.91 Å². The average molecular weight is 314 g/mol. The molecule has 4 nitrogen and oxygen atoms in total. The molecule has 1 aromatic rings. The van der Waals surface area contributed by atoms with Crippen molar-refractivity contribution in [2.45, 2.75) is 38.8 Å². The van der Waals surface area contributed by atoms with Crippen LogP contribution in [0.4, 0.5) is 0 Å². The minimum absolute atomic E-state index is 0.133. The second kappa shape index (κ2) is 5.91. The molecule has 2 heterocycles. The van der Waals surface area contributed by atoms with E-state index in [0.29, 0.717) is 30.5 Å². The van der Waals surface area contributed by atoms with Crippen LogP contribution in [0.3, 0.4) is 0 Å². The number of ether oxygens (including phenoxy) is 1. The Labute approximate surface area is 138 Å². The molecule has 0 bridgehead atoms. The van der Waals surface area contributed by atoms with Gasteiger partial charge < -0.3 is 10.1 Å². The summed E-state index contributed by atoms with van der Waals surface area (Å²) >= 11 is 0. The SMILES string of the molecule is Cc1cccc(CNC(=O)CN2CC3(CCC3)C3COCC32)c1. The maximum absolute atomic E-state index is 12.4. The quantitative estimate of drug-likeness (QED) is 0.925. The van der Waals surface area contributed by atoms with Gasteiger partial charge in [0.25, 0.3) is 0 Å². The fourth-order valence-electron chi connectivity index (χ4n) is 4.72. The predicted molar refractivity (Wildman–Crippen MR) is 89.0 cm³/mol. The van der Waals surface area contributed by atoms with Crippen LogP contribution in [0.5, 0.6) is 0 Å². The highest BCUT2D eigenvalue weighted by Gasteiger charge is 2.57. The van der Waals surface area contributed by atoms with Crippen LogP contribution >= 0.6 is 0 Å². The Bertz CT molecular complexity index is 597. The van der Waals surface area contributed by atoms with Gasteiger partial charge in [0.1, 0.15) is 0 Å². The van der Waals surface area contributed by atoms with Gasteiger partial charge in [-0.3, -0.25) is 9.69 Å². The van der Waals surface area contributed by atoms with Gasteiger partial charge in [0.2, 0.25) is 5.91 Å². The second-order valence-corrected chi connectivity index (χ2v) is 7.60. The van der Waals surface area contributed by atoms with E-state index >= 15 is 0 Å². The number of nitrogens with zero attached hydrogens (tertiary/aromatic N) is 1. The van der Waals surface area contributed by atoms with Crippen LogP contribution in [0.1, 0.15) is 30.4 Å². The highest BCUT2D eigenvalue weighted by atomic mass is 16.5. The molecule has 2 atom stereocenters. The summed E-state index contributed by atoms with van der Waals surface area (Å²) in [6, 6.07) is 8.76. The van der Waals surface area contributed by atoms with Gasteiger partial charge in [-0.2, -0.15) is 0 Å². The van der Waals surface area contributed by atoms with Gasteiger partial charge in [-0.25, -0.2) is 0 Å². The van der Waals surface area contributed by atoms with E-state index in [4.69, 9.17) is 4.74 Å². The number of carbonyl (C=O) groups is 1. The van der Waals surface area contributed by atoms with Crippen molar-refractivity contribution in [1.29, 1.82) is 0 Å². The zero-order valence-electron chi connectivity index (χ0n) is 13.9. The van der Waals surface area contributed by atoms with Crippen LogP contribution in [0, 0.1) is 18.3 Å². The van der Waals surface area contributed by atoms with E-state index in [0.717, 1.165) is 25.3 Å². The zero-order chi connectivity index (χ0) is 15.9. The van der Waals surface area contributed by atoms with E-state index in [1.165, 1.54) is 24.8 Å². The molecule has 3 fully saturated rings. The van der Waals surface area contributed by atoms with Crippen molar-refractivity contribution in [3.05, 3.63) is 35.4 Å². The van der Waals surface area contributed by atoms with Gasteiger partial charge in [0, 0.05) is 25.0 Å². The number of aryl methyl sites for hydroxylation is 1. The number of nitrogens with one attached hydrogen (secondary N) is 1. The van der Waals surface area contributed by atoms with E-state index in [1.54, 1.807) is 0 Å². The Hall–Kier alpha value is -1.39. The first kappa shape index (κ1) is 15.2. The number of hydrogen-bond acceptors (Lipinski definition) is 3. The molecule has 3 aliphatic rings. The van der Waals surface area contributed by atoms with E-state index in [-0.39, 0.29) is 5.91 Å². The summed E-state index contributed by atoms with van der Waals surface area (Å²) in [5, 5.41) is 3.07. The van der Waals surface area contributed by atoms with E-state index in [9.17, 15) is 4.79 Å². The summed E-state index contributed by atoms with van der Waals surface area (Å²) in [6.45, 7) is 5.99. The van der Waals surface area contributed by atoms with Crippen molar-refractivity contribution < 1.29 is 9.53 Å². The number of likely N-dealkylation sites (tertiary alicyclic amines) is 1. The molecule has 1 aliphatic carbocycles. The van der Waals surface area contributed by atoms with Gasteiger partial charge in [-0.1, -0.05) is 36.2 Å². The molecule has 2 unspecified atom stereocenters. The minimum atomic E-state index is 0.133. The van der Waals surface area contributed by atoms with Gasteiger partial charge >= 0.3 is 0 Å². The number of fused-ring (bicyclic) bond motifs is 2. The number of carbonyl (C=O) groups excluding carboxylic acids is 1. The summed E-state index contributed by atoms with van der Waals surface area (Å²) in [5.74, 6) is 0.786. The summed E-state index contributed by atoms with van der Waals surface area (Å²) < 4.78 is 5.72. The van der Waals surface area contributed by atoms with Crippen molar-refractivity contribution in [2.75, 3.05) is 26.3 Å². The number of benzene rings is 1. The van der Waals surface area contributed by atoms with Crippen LogP contribution in [0.15, 0.2) is 24.3 Å². The fourth-order valence-corrected chi connectivity index (χ4v) is 4.72. The Morgan fingerprint density at radius 2 is 2.26 bits per heavy atom. The first-order chi connectivity index (χ1) is 11.2. The molecule has 4 rings (SSSR count). The van der Waals surface area contributed by atoms with Crippen molar-refractivity contribution in [3.63, 3.8) is 0 Å². The number of hydrogen-bond donors (Lipinski definition) is 1. The topological polar surface area (TPSA) is 41.6 Å². The van der Waals surface area contributed by atoms with E-state index < -0.39 is 0 Å². The monoisotopic (exact) mass is 314 g/mol. The van der Waals surface area contributed by atoms with Gasteiger partial charge in [0.05, 0.1) is 19.8 Å². The third-order valence-electron chi connectivity index (χ3n) is 6.09. The molecule has 1 N–H and O–H groups in total. The third-order valence-corrected chi connectivity index (χ3v) is 6.09. The van der Waals surface area contributed by atoms with Crippen LogP contribution in [0.25, 0.3) is 0 Å². The number of rotatable bonds is 4. The van der Waals surface area contributed by atoms with Crippen molar-refractivity contribution in [2.24, 2.45) is 11.3 Å². The lowest BCUT2D eigenvalue weighted by molar-refractivity contribution is -0.122. The minimum Gasteiger partial charge on any atom is -0.379 e. The molecular weight excluding hydrogens is 288 g/mol. The standard InChI is InChI=1S/C19H26N2O2/c1-14-4-2-5-15(8-14)9-20-18(22)10-21-13-19(6-3-7-19)16-11-23-12-17(16)21/h2,4-5,8,16-17H,3,6-7,9-13H2,1H3,(H,20,22). The molecule has 4 heteroatoms. The lowest BCUT2D eigenvalue weighted by atomic mass is 9.62. The molecule has 1 spiro atoms. The largest absolute Gasteiger partial charge is 0.379 e. The maximum Gasteiger partial charge on any atom is 0.234 e. The highest BCUT2D eigenvalue weighted by Crippen LogP contribution is 2.55. The van der Waals surface area contributed by atoms with Crippen LogP contribution in [-0.4, -0.2) is 43.2 Å². The third kappa shape index (κ3) is 2.79. The molecule has 23 heavy (non-hydrogen) atoms. The fraction of sp³-hybridized carbons (Fsp3) is 0.632. The van der Waals surface area contributed by atoms with Crippen molar-refractivity contribution in [1.82, 2.24) is 10.2 Å². The summed E-state index contributed by atoms with van der Waals surface area (Å²) in [7, 11) is 0. The Morgan fingerprint density at radius 1 is 1.39 bits per heavy atom. The molecule has 2 saturated heterocycles. The smallest absolute Gasteiger partial charge is 0.234 e. The molecule has 0 aromatic heterocycles. The Balaban J connectivity index is 1.34. The van der Waals surface area contributed by atoms with Gasteiger partial charge in [-0.05, 0) is 30.7 Å². The van der Waals surface area contributed by atoms with E-state index in [2.05, 4.69) is 35.3 Å². The molecule has 2 aliphatic heterocycles. The predicted octanol–water partition coefficient (Wildman–Crippen LogP) is 2.11. The lowest BCUT2D eigenvalue weighted by Gasteiger charge is -2.42. The molecule has 1 amide bonds. The summed E-state index contributed by atoms with van der Waals surface area (Å²) in [6.07, 6.45) is 3.98. The first-order valence-corrected chi connectivity index (χ1v) is 8.80. The Kier molecular flexibility index (Phi) is 3.90. The van der Waals surface area contributed by atoms with Crippen LogP contribution in [-0.2, 0) is 16.1 Å². The summed E-state index contributed by atoms with van der Waals surface area (Å²) in [5.41, 5.74) is 2.85. The maximum atomic E-state index is 12.4. The van der Waals surface area contributed by atoms with Crippen LogP contribution < -0.4 is 5.32 Å². The molecule has 124 valence electrons. The average Bonchev–Trinajstić information content (AvgIpc) is 3.07. The van der Waals surface area contributed by atoms with Crippen molar-refractivity contribution in [3.8, 4) is 0 Å². The second-order valence-electron chi connectivity index (χ2n) is 7.60.